The Bertz CT molecular complexity index is 823. The number of carbonyl (C=O) groups is 2. The van der Waals surface area contributed by atoms with Crippen molar-refractivity contribution in [2.24, 2.45) is 4.40 Å². The molecule has 0 aromatic carbocycles. The maximum atomic E-state index is 12.7. The molecule has 1 heterocycles. The van der Waals surface area contributed by atoms with E-state index in [9.17, 15) is 13.8 Å². The molecule has 0 fully saturated rings. The van der Waals surface area contributed by atoms with Gasteiger partial charge >= 0.3 is 12.2 Å². The number of amides is 2. The number of anilines is 1. The molecule has 1 atom stereocenters. The molecule has 30 heavy (non-hydrogen) atoms. The molecular weight excluding hydrogens is 430 g/mol. The minimum atomic E-state index is -1.53. The molecule has 0 spiro atoms. The summed E-state index contributed by atoms with van der Waals surface area (Å²) in [6, 6.07) is 2.83. The molecule has 0 aliphatic carbocycles. The number of pyridine rings is 1. The van der Waals surface area contributed by atoms with E-state index in [2.05, 4.69) is 9.38 Å². The molecule has 0 aliphatic rings. The first-order chi connectivity index (χ1) is 13.4. The minimum Gasteiger partial charge on any atom is -0.443 e. The van der Waals surface area contributed by atoms with Crippen molar-refractivity contribution in [3.8, 4) is 0 Å². The van der Waals surface area contributed by atoms with Crippen LogP contribution in [-0.2, 0) is 20.5 Å². The highest BCUT2D eigenvalue weighted by Gasteiger charge is 2.33. The van der Waals surface area contributed by atoms with Crippen LogP contribution in [0.15, 0.2) is 16.5 Å². The number of ether oxygens (including phenoxy) is 2. The van der Waals surface area contributed by atoms with Crippen LogP contribution >= 0.6 is 11.6 Å². The van der Waals surface area contributed by atoms with Gasteiger partial charge in [0.15, 0.2) is 0 Å². The largest absolute Gasteiger partial charge is 0.443 e. The van der Waals surface area contributed by atoms with E-state index in [1.54, 1.807) is 62.3 Å². The molecule has 0 saturated carbocycles. The van der Waals surface area contributed by atoms with E-state index in [0.717, 1.165) is 0 Å². The Labute approximate surface area is 185 Å². The van der Waals surface area contributed by atoms with Gasteiger partial charge in [-0.25, -0.2) is 18.8 Å². The van der Waals surface area contributed by atoms with Crippen LogP contribution in [0.25, 0.3) is 0 Å². The van der Waals surface area contributed by atoms with Crippen molar-refractivity contribution in [3.05, 3.63) is 22.8 Å². The Morgan fingerprint density at radius 1 is 1.00 bits per heavy atom. The lowest BCUT2D eigenvalue weighted by Gasteiger charge is -2.28. The highest BCUT2D eigenvalue weighted by molar-refractivity contribution is 7.85. The van der Waals surface area contributed by atoms with Gasteiger partial charge in [-0.2, -0.15) is 9.30 Å². The minimum absolute atomic E-state index is 0.0640. The van der Waals surface area contributed by atoms with Crippen LogP contribution < -0.4 is 4.90 Å². The summed E-state index contributed by atoms with van der Waals surface area (Å²) in [4.78, 5) is 30.4. The SMILES string of the molecule is CC(C)(C)OC(=O)N(C(=O)OC(C)(C)C)c1ccc(Cl)c(C=N[S@](=O)C(C)(C)C)n1. The quantitative estimate of drug-likeness (QED) is 0.569. The Kier molecular flexibility index (Phi) is 8.18. The summed E-state index contributed by atoms with van der Waals surface area (Å²) < 4.78 is 26.3. The van der Waals surface area contributed by atoms with Crippen molar-refractivity contribution in [2.45, 2.75) is 78.3 Å². The van der Waals surface area contributed by atoms with E-state index in [0.29, 0.717) is 4.90 Å². The summed E-state index contributed by atoms with van der Waals surface area (Å²) in [5.41, 5.74) is -1.56. The number of nitrogens with zero attached hydrogens (tertiary/aromatic N) is 3. The van der Waals surface area contributed by atoms with Crippen molar-refractivity contribution in [1.82, 2.24) is 4.98 Å². The lowest BCUT2D eigenvalue weighted by atomic mass is 10.2. The fourth-order valence-corrected chi connectivity index (χ4v) is 2.46. The average molecular weight is 460 g/mol. The van der Waals surface area contributed by atoms with Crippen LogP contribution in [0.1, 0.15) is 68.0 Å². The number of aromatic nitrogens is 1. The number of hydrogen-bond acceptors (Lipinski definition) is 6. The molecule has 2 amide bonds. The molecule has 0 saturated heterocycles. The van der Waals surface area contributed by atoms with Gasteiger partial charge in [0.25, 0.3) is 0 Å². The van der Waals surface area contributed by atoms with E-state index >= 15 is 0 Å². The molecule has 0 radical (unpaired) electrons. The smallest absolute Gasteiger partial charge is 0.425 e. The van der Waals surface area contributed by atoms with E-state index < -0.39 is 39.1 Å². The third-order valence-corrected chi connectivity index (χ3v) is 4.70. The van der Waals surface area contributed by atoms with Crippen LogP contribution in [-0.4, -0.2) is 43.5 Å². The Hall–Kier alpha value is -2.00. The molecule has 168 valence electrons. The first-order valence-corrected chi connectivity index (χ1v) is 10.8. The Morgan fingerprint density at radius 3 is 1.87 bits per heavy atom. The molecule has 0 unspecified atom stereocenters. The predicted molar refractivity (Wildman–Crippen MR) is 120 cm³/mol. The molecule has 1 aromatic heterocycles. The number of rotatable bonds is 3. The number of halogens is 1. The maximum absolute atomic E-state index is 12.7. The van der Waals surface area contributed by atoms with Crippen LogP contribution in [0.4, 0.5) is 15.4 Å². The number of carbonyl (C=O) groups excluding carboxylic acids is 2. The topological polar surface area (TPSA) is 98.2 Å². The molecule has 1 aromatic rings. The third kappa shape index (κ3) is 8.39. The summed E-state index contributed by atoms with van der Waals surface area (Å²) in [6.45, 7) is 15.4. The zero-order valence-corrected chi connectivity index (χ0v) is 20.5. The second kappa shape index (κ2) is 9.43. The van der Waals surface area contributed by atoms with Crippen molar-refractivity contribution < 1.29 is 23.3 Å². The summed E-state index contributed by atoms with van der Waals surface area (Å²) in [5.74, 6) is -0.0640. The summed E-state index contributed by atoms with van der Waals surface area (Å²) in [7, 11) is -1.53. The monoisotopic (exact) mass is 459 g/mol. The first kappa shape index (κ1) is 26.0. The standard InChI is InChI=1S/C20H30ClN3O5S/c1-18(2,3)28-16(25)24(17(26)29-19(4,5)6)15-11-10-13(21)14(23-15)12-22-30(27)20(7,8)9/h10-12H,1-9H3/t30-/m1/s1. The lowest BCUT2D eigenvalue weighted by molar-refractivity contribution is 0.0429. The molecule has 0 bridgehead atoms. The molecule has 1 rings (SSSR count). The average Bonchev–Trinajstić information content (AvgIpc) is 2.50. The van der Waals surface area contributed by atoms with E-state index in [4.69, 9.17) is 21.1 Å². The first-order valence-electron chi connectivity index (χ1n) is 9.29. The lowest BCUT2D eigenvalue weighted by Crippen LogP contribution is -2.44. The second-order valence-corrected chi connectivity index (χ2v) is 11.8. The van der Waals surface area contributed by atoms with Gasteiger partial charge in [-0.3, -0.25) is 0 Å². The van der Waals surface area contributed by atoms with Gasteiger partial charge in [0.2, 0.25) is 0 Å². The Balaban J connectivity index is 3.39. The van der Waals surface area contributed by atoms with E-state index in [1.165, 1.54) is 18.3 Å². The van der Waals surface area contributed by atoms with E-state index in [1.807, 2.05) is 0 Å². The van der Waals surface area contributed by atoms with Gasteiger partial charge < -0.3 is 9.47 Å². The van der Waals surface area contributed by atoms with Gasteiger partial charge in [0, 0.05) is 0 Å². The van der Waals surface area contributed by atoms with Crippen molar-refractivity contribution in [2.75, 3.05) is 4.90 Å². The van der Waals surface area contributed by atoms with Gasteiger partial charge in [-0.05, 0) is 74.4 Å². The zero-order valence-electron chi connectivity index (χ0n) is 18.9. The van der Waals surface area contributed by atoms with E-state index in [-0.39, 0.29) is 16.5 Å². The fourth-order valence-electron chi connectivity index (χ4n) is 1.79. The van der Waals surface area contributed by atoms with Crippen molar-refractivity contribution in [3.63, 3.8) is 0 Å². The molecule has 0 aliphatic heterocycles. The number of hydrogen-bond donors (Lipinski definition) is 0. The van der Waals surface area contributed by atoms with Crippen molar-refractivity contribution >= 4 is 46.8 Å². The van der Waals surface area contributed by atoms with Gasteiger partial charge in [0.1, 0.15) is 33.7 Å². The summed E-state index contributed by atoms with van der Waals surface area (Å²) in [6.07, 6.45) is -0.657. The van der Waals surface area contributed by atoms with Gasteiger partial charge in [0.05, 0.1) is 16.0 Å². The van der Waals surface area contributed by atoms with Crippen LogP contribution in [0.3, 0.4) is 0 Å². The summed E-state index contributed by atoms with van der Waals surface area (Å²) in [5, 5.41) is 0.210. The predicted octanol–water partition coefficient (Wildman–Crippen LogP) is 5.29. The highest BCUT2D eigenvalue weighted by atomic mass is 35.5. The Morgan fingerprint density at radius 2 is 1.47 bits per heavy atom. The highest BCUT2D eigenvalue weighted by Crippen LogP contribution is 2.23. The molecule has 0 N–H and O–H groups in total. The van der Waals surface area contributed by atoms with Crippen LogP contribution in [0.5, 0.6) is 0 Å². The summed E-state index contributed by atoms with van der Waals surface area (Å²) >= 11 is 6.17. The third-order valence-electron chi connectivity index (χ3n) is 3.03. The normalized spacial score (nSPS) is 13.8. The number of imide groups is 1. The second-order valence-electron chi connectivity index (χ2n) is 9.43. The molecule has 8 nitrogen and oxygen atoms in total. The zero-order chi connectivity index (χ0) is 23.5. The van der Waals surface area contributed by atoms with Crippen LogP contribution in [0.2, 0.25) is 5.02 Å². The molecular formula is C20H30ClN3O5S. The van der Waals surface area contributed by atoms with Crippen LogP contribution in [0, 0.1) is 0 Å². The molecule has 10 heteroatoms. The fraction of sp³-hybridized carbons (Fsp3) is 0.600. The van der Waals surface area contributed by atoms with Gasteiger partial charge in [-0.1, -0.05) is 11.6 Å². The van der Waals surface area contributed by atoms with Gasteiger partial charge in [-0.15, -0.1) is 0 Å². The maximum Gasteiger partial charge on any atom is 0.425 e. The van der Waals surface area contributed by atoms with Crippen molar-refractivity contribution in [1.29, 1.82) is 0 Å².